The highest BCUT2D eigenvalue weighted by molar-refractivity contribution is 5.78. The van der Waals surface area contributed by atoms with Crippen LogP contribution in [0.1, 0.15) is 52.0 Å². The van der Waals surface area contributed by atoms with Gasteiger partial charge in [0, 0.05) is 42.3 Å². The fraction of sp³-hybridized carbons (Fsp3) is 0.440. The third kappa shape index (κ3) is 5.33. The van der Waals surface area contributed by atoms with Crippen LogP contribution in [0.15, 0.2) is 54.5 Å². The highest BCUT2D eigenvalue weighted by atomic mass is 15.5. The molecule has 2 aromatic heterocycles. The van der Waals surface area contributed by atoms with Crippen LogP contribution in [0.25, 0.3) is 22.6 Å². The summed E-state index contributed by atoms with van der Waals surface area (Å²) in [5.41, 5.74) is 5.51. The summed E-state index contributed by atoms with van der Waals surface area (Å²) in [5, 5.41) is 14.5. The van der Waals surface area contributed by atoms with Crippen molar-refractivity contribution in [1.82, 2.24) is 35.4 Å². The number of H-pyrrole nitrogens is 1. The number of allylic oxidation sites excluding steroid dienone is 1. The molecule has 0 saturated heterocycles. The van der Waals surface area contributed by atoms with Crippen LogP contribution in [-0.4, -0.2) is 48.6 Å². The normalized spacial score (nSPS) is 13.8. The van der Waals surface area contributed by atoms with E-state index in [1.807, 2.05) is 30.5 Å². The van der Waals surface area contributed by atoms with Crippen molar-refractivity contribution < 1.29 is 0 Å². The zero-order valence-corrected chi connectivity index (χ0v) is 19.3. The Labute approximate surface area is 190 Å². The number of pyridine rings is 1. The van der Waals surface area contributed by atoms with E-state index in [9.17, 15) is 0 Å². The number of aromatic amines is 1. The summed E-state index contributed by atoms with van der Waals surface area (Å²) in [7, 11) is 0. The SMILES string of the molecule is CCCCN1C=C(CCC(C)C)N(Cc2ccc(-c3ccccc3-c3nn[nH]n3)nc2)C1. The van der Waals surface area contributed by atoms with Crippen LogP contribution in [0.3, 0.4) is 0 Å². The Morgan fingerprint density at radius 2 is 1.94 bits per heavy atom. The van der Waals surface area contributed by atoms with Gasteiger partial charge in [-0.1, -0.05) is 57.5 Å². The van der Waals surface area contributed by atoms with Crippen LogP contribution in [0.4, 0.5) is 0 Å². The molecule has 32 heavy (non-hydrogen) atoms. The van der Waals surface area contributed by atoms with Crippen LogP contribution in [-0.2, 0) is 6.54 Å². The molecule has 0 amide bonds. The van der Waals surface area contributed by atoms with Gasteiger partial charge in [0.05, 0.1) is 12.4 Å². The van der Waals surface area contributed by atoms with E-state index in [1.54, 1.807) is 0 Å². The zero-order valence-electron chi connectivity index (χ0n) is 19.3. The maximum absolute atomic E-state index is 4.78. The van der Waals surface area contributed by atoms with E-state index in [-0.39, 0.29) is 0 Å². The lowest BCUT2D eigenvalue weighted by atomic mass is 10.0. The second-order valence-electron chi connectivity index (χ2n) is 8.89. The average molecular weight is 432 g/mol. The third-order valence-electron chi connectivity index (χ3n) is 5.85. The summed E-state index contributed by atoms with van der Waals surface area (Å²) in [4.78, 5) is 9.75. The minimum absolute atomic E-state index is 0.579. The van der Waals surface area contributed by atoms with Crippen molar-refractivity contribution >= 4 is 0 Å². The molecule has 7 heteroatoms. The van der Waals surface area contributed by atoms with Crippen molar-refractivity contribution in [2.45, 2.75) is 53.0 Å². The fourth-order valence-corrected chi connectivity index (χ4v) is 4.03. The second-order valence-corrected chi connectivity index (χ2v) is 8.89. The van der Waals surface area contributed by atoms with Gasteiger partial charge in [-0.25, -0.2) is 0 Å². The number of rotatable bonds is 10. The summed E-state index contributed by atoms with van der Waals surface area (Å²) in [6, 6.07) is 12.3. The molecular formula is C25H33N7. The number of benzene rings is 1. The standard InChI is InChI=1S/C25H33N7/c1-4-5-14-31-17-21(12-10-19(2)3)32(18-31)16-20-11-13-24(26-15-20)22-8-6-7-9-23(22)25-27-29-30-28-25/h6-9,11,13,15,17,19H,4-5,10,12,14,16,18H2,1-3H3,(H,27,28,29,30). The molecule has 0 saturated carbocycles. The van der Waals surface area contributed by atoms with Crippen LogP contribution in [0.2, 0.25) is 0 Å². The molecule has 0 atom stereocenters. The van der Waals surface area contributed by atoms with Gasteiger partial charge in [0.25, 0.3) is 0 Å². The Kier molecular flexibility index (Phi) is 7.14. The van der Waals surface area contributed by atoms with Crippen LogP contribution in [0.5, 0.6) is 0 Å². The van der Waals surface area contributed by atoms with E-state index in [2.05, 4.69) is 69.5 Å². The Bertz CT molecular complexity index is 1010. The molecule has 0 unspecified atom stereocenters. The predicted molar refractivity (Wildman–Crippen MR) is 127 cm³/mol. The average Bonchev–Trinajstić information content (AvgIpc) is 3.47. The third-order valence-corrected chi connectivity index (χ3v) is 5.85. The Morgan fingerprint density at radius 1 is 1.09 bits per heavy atom. The number of hydrogen-bond donors (Lipinski definition) is 1. The molecule has 0 aliphatic carbocycles. The lowest BCUT2D eigenvalue weighted by Gasteiger charge is -2.24. The van der Waals surface area contributed by atoms with Gasteiger partial charge in [-0.2, -0.15) is 5.21 Å². The fourth-order valence-electron chi connectivity index (χ4n) is 4.03. The molecule has 168 valence electrons. The number of unbranched alkanes of at least 4 members (excludes halogenated alkanes) is 1. The molecule has 0 bridgehead atoms. The molecule has 0 radical (unpaired) electrons. The molecule has 4 rings (SSSR count). The van der Waals surface area contributed by atoms with Gasteiger partial charge in [-0.3, -0.25) is 4.98 Å². The van der Waals surface area contributed by atoms with Gasteiger partial charge in [0.1, 0.15) is 0 Å². The van der Waals surface area contributed by atoms with Crippen LogP contribution < -0.4 is 0 Å². The zero-order chi connectivity index (χ0) is 22.3. The molecule has 1 aliphatic rings. The van der Waals surface area contributed by atoms with E-state index in [0.29, 0.717) is 11.7 Å². The number of hydrogen-bond acceptors (Lipinski definition) is 6. The smallest absolute Gasteiger partial charge is 0.205 e. The molecule has 3 heterocycles. The molecule has 1 aliphatic heterocycles. The summed E-state index contributed by atoms with van der Waals surface area (Å²) >= 11 is 0. The molecule has 3 aromatic rings. The predicted octanol–water partition coefficient (Wildman–Crippen LogP) is 5.08. The molecule has 0 fully saturated rings. The number of nitrogens with one attached hydrogen (secondary N) is 1. The largest absolute Gasteiger partial charge is 0.358 e. The first-order valence-corrected chi connectivity index (χ1v) is 11.6. The maximum atomic E-state index is 4.78. The topological polar surface area (TPSA) is 73.8 Å². The maximum Gasteiger partial charge on any atom is 0.205 e. The number of aromatic nitrogens is 5. The quantitative estimate of drug-likeness (QED) is 0.482. The molecule has 0 spiro atoms. The van der Waals surface area contributed by atoms with Crippen molar-refractivity contribution in [3.63, 3.8) is 0 Å². The van der Waals surface area contributed by atoms with Gasteiger partial charge >= 0.3 is 0 Å². The summed E-state index contributed by atoms with van der Waals surface area (Å²) in [6.45, 7) is 9.82. The van der Waals surface area contributed by atoms with Crippen molar-refractivity contribution in [3.05, 3.63) is 60.1 Å². The molecule has 1 aromatic carbocycles. The lowest BCUT2D eigenvalue weighted by Crippen LogP contribution is -2.27. The monoisotopic (exact) mass is 431 g/mol. The Hall–Kier alpha value is -3.22. The van der Waals surface area contributed by atoms with Gasteiger partial charge in [-0.05, 0) is 42.0 Å². The molecule has 7 nitrogen and oxygen atoms in total. The van der Waals surface area contributed by atoms with Gasteiger partial charge in [0.2, 0.25) is 5.82 Å². The minimum Gasteiger partial charge on any atom is -0.358 e. The Morgan fingerprint density at radius 3 is 2.62 bits per heavy atom. The van der Waals surface area contributed by atoms with E-state index in [1.165, 1.54) is 30.5 Å². The first-order valence-electron chi connectivity index (χ1n) is 11.6. The van der Waals surface area contributed by atoms with E-state index in [0.717, 1.165) is 43.0 Å². The minimum atomic E-state index is 0.579. The highest BCUT2D eigenvalue weighted by Gasteiger charge is 2.21. The Balaban J connectivity index is 1.48. The van der Waals surface area contributed by atoms with Crippen LogP contribution in [0, 0.1) is 5.92 Å². The van der Waals surface area contributed by atoms with Crippen molar-refractivity contribution in [2.75, 3.05) is 13.2 Å². The molecule has 1 N–H and O–H groups in total. The number of tetrazole rings is 1. The van der Waals surface area contributed by atoms with Gasteiger partial charge in [-0.15, -0.1) is 10.2 Å². The van der Waals surface area contributed by atoms with E-state index in [4.69, 9.17) is 4.98 Å². The first-order chi connectivity index (χ1) is 15.6. The van der Waals surface area contributed by atoms with Crippen molar-refractivity contribution in [2.24, 2.45) is 5.92 Å². The number of nitrogens with zero attached hydrogens (tertiary/aromatic N) is 6. The van der Waals surface area contributed by atoms with Crippen LogP contribution >= 0.6 is 0 Å². The lowest BCUT2D eigenvalue weighted by molar-refractivity contribution is 0.241. The highest BCUT2D eigenvalue weighted by Crippen LogP contribution is 2.29. The summed E-state index contributed by atoms with van der Waals surface area (Å²) in [6.07, 6.45) is 9.18. The first kappa shape index (κ1) is 22.0. The van der Waals surface area contributed by atoms with Gasteiger partial charge < -0.3 is 9.80 Å². The summed E-state index contributed by atoms with van der Waals surface area (Å²) in [5.74, 6) is 1.29. The van der Waals surface area contributed by atoms with E-state index < -0.39 is 0 Å². The van der Waals surface area contributed by atoms with E-state index >= 15 is 0 Å². The second kappa shape index (κ2) is 10.4. The van der Waals surface area contributed by atoms with Crippen molar-refractivity contribution in [3.8, 4) is 22.6 Å². The van der Waals surface area contributed by atoms with Crippen molar-refractivity contribution in [1.29, 1.82) is 0 Å². The van der Waals surface area contributed by atoms with Gasteiger partial charge in [0.15, 0.2) is 0 Å². The summed E-state index contributed by atoms with van der Waals surface area (Å²) < 4.78 is 0. The molecular weight excluding hydrogens is 398 g/mol.